The molecule has 2 aromatic carbocycles. The zero-order valence-corrected chi connectivity index (χ0v) is 19.1. The molecule has 1 aliphatic heterocycles. The van der Waals surface area contributed by atoms with Crippen molar-refractivity contribution in [2.24, 2.45) is 0 Å². The number of hydrogen-bond acceptors (Lipinski definition) is 5. The lowest BCUT2D eigenvalue weighted by molar-refractivity contribution is -0.373. The van der Waals surface area contributed by atoms with Gasteiger partial charge in [-0.2, -0.15) is 4.90 Å². The van der Waals surface area contributed by atoms with Gasteiger partial charge in [0.1, 0.15) is 17.1 Å². The van der Waals surface area contributed by atoms with E-state index in [-0.39, 0.29) is 11.4 Å². The minimum Gasteiger partial charge on any atom is -0.501 e. The van der Waals surface area contributed by atoms with Crippen molar-refractivity contribution < 1.29 is 24.4 Å². The van der Waals surface area contributed by atoms with Gasteiger partial charge in [0, 0.05) is 11.6 Å². The summed E-state index contributed by atoms with van der Waals surface area (Å²) in [6.07, 6.45) is 0. The molecule has 34 heavy (non-hydrogen) atoms. The van der Waals surface area contributed by atoms with Crippen LogP contribution >= 0.6 is 11.3 Å². The van der Waals surface area contributed by atoms with Crippen molar-refractivity contribution in [3.63, 3.8) is 0 Å². The number of para-hydroxylation sites is 1. The molecule has 1 amide bonds. The Hall–Kier alpha value is -4.23. The first kappa shape index (κ1) is 21.6. The van der Waals surface area contributed by atoms with E-state index < -0.39 is 17.7 Å². The Morgan fingerprint density at radius 2 is 1.74 bits per heavy atom. The summed E-state index contributed by atoms with van der Waals surface area (Å²) in [5, 5.41) is 12.7. The van der Waals surface area contributed by atoms with Gasteiger partial charge in [0.25, 0.3) is 5.82 Å². The standard InChI is InChI=1S/C27H20N2O4S/c1-17-8-5-14-22(28-17)29-24(23(26(31)27(29)32)25(30)21-13-7-15-34-21)18-9-6-12-20(16-18)33-19-10-3-2-4-11-19/h2-16,24,31H,1H3/p+1. The fourth-order valence-corrected chi connectivity index (χ4v) is 4.70. The number of nitrogens with zero attached hydrogens (tertiary/aromatic N) is 1. The second-order valence-corrected chi connectivity index (χ2v) is 8.80. The highest BCUT2D eigenvalue weighted by atomic mass is 32.1. The third-order valence-corrected chi connectivity index (χ3v) is 6.40. The molecule has 0 spiro atoms. The largest absolute Gasteiger partial charge is 0.501 e. The van der Waals surface area contributed by atoms with E-state index in [2.05, 4.69) is 4.98 Å². The van der Waals surface area contributed by atoms with Gasteiger partial charge >= 0.3 is 5.91 Å². The van der Waals surface area contributed by atoms with Gasteiger partial charge in [0.15, 0.2) is 6.04 Å². The second kappa shape index (κ2) is 8.96. The van der Waals surface area contributed by atoms with Crippen LogP contribution in [0.15, 0.2) is 102 Å². The Morgan fingerprint density at radius 3 is 2.47 bits per heavy atom. The molecule has 0 aliphatic carbocycles. The lowest BCUT2D eigenvalue weighted by Gasteiger charge is -2.20. The number of carbonyl (C=O) groups is 2. The third-order valence-electron chi connectivity index (χ3n) is 5.54. The first-order chi connectivity index (χ1) is 16.5. The maximum atomic E-state index is 13.4. The maximum absolute atomic E-state index is 13.4. The highest BCUT2D eigenvalue weighted by molar-refractivity contribution is 7.12. The van der Waals surface area contributed by atoms with E-state index in [9.17, 15) is 14.7 Å². The van der Waals surface area contributed by atoms with E-state index in [1.165, 1.54) is 16.2 Å². The number of amides is 1. The Bertz CT molecular complexity index is 1400. The summed E-state index contributed by atoms with van der Waals surface area (Å²) in [6.45, 7) is 1.87. The molecule has 7 heteroatoms. The number of H-pyrrole nitrogens is 1. The minimum atomic E-state index is -0.834. The molecule has 0 bridgehead atoms. The van der Waals surface area contributed by atoms with Crippen molar-refractivity contribution >= 4 is 28.8 Å². The van der Waals surface area contributed by atoms with Crippen LogP contribution < -0.4 is 14.6 Å². The monoisotopic (exact) mass is 469 g/mol. The summed E-state index contributed by atoms with van der Waals surface area (Å²) in [6, 6.07) is 24.6. The van der Waals surface area contributed by atoms with E-state index in [0.29, 0.717) is 27.8 Å². The lowest BCUT2D eigenvalue weighted by Crippen LogP contribution is -2.35. The van der Waals surface area contributed by atoms with Crippen LogP contribution in [0.25, 0.3) is 0 Å². The molecule has 5 rings (SSSR count). The number of aromatic nitrogens is 1. The van der Waals surface area contributed by atoms with Crippen LogP contribution in [0.4, 0.5) is 5.82 Å². The minimum absolute atomic E-state index is 0.0409. The number of ketones is 1. The van der Waals surface area contributed by atoms with Gasteiger partial charge in [-0.25, -0.2) is 9.78 Å². The fourth-order valence-electron chi connectivity index (χ4n) is 4.02. The smallest absolute Gasteiger partial charge is 0.377 e. The van der Waals surface area contributed by atoms with Crippen LogP contribution in [-0.4, -0.2) is 16.8 Å². The number of ether oxygens (including phenoxy) is 1. The number of aliphatic hydroxyl groups excluding tert-OH is 1. The molecule has 4 aromatic rings. The SMILES string of the molecule is Cc1cccc(N2C(=O)C(O)=C(C(=O)c3cccs3)C2c2cccc(Oc3ccccc3)c2)[nH+]1. The molecule has 0 radical (unpaired) electrons. The third kappa shape index (κ3) is 3.97. The Kier molecular flexibility index (Phi) is 5.69. The van der Waals surface area contributed by atoms with Crippen LogP contribution in [0, 0.1) is 6.92 Å². The Balaban J connectivity index is 1.62. The Morgan fingerprint density at radius 1 is 0.971 bits per heavy atom. The molecular weight excluding hydrogens is 448 g/mol. The van der Waals surface area contributed by atoms with E-state index >= 15 is 0 Å². The first-order valence-electron chi connectivity index (χ1n) is 10.7. The summed E-state index contributed by atoms with van der Waals surface area (Å²) in [5.41, 5.74) is 1.52. The summed E-state index contributed by atoms with van der Waals surface area (Å²) in [4.78, 5) is 31.8. The topological polar surface area (TPSA) is 81.0 Å². The van der Waals surface area contributed by atoms with Crippen LogP contribution in [0.5, 0.6) is 11.5 Å². The number of rotatable bonds is 6. The number of benzene rings is 2. The van der Waals surface area contributed by atoms with Crippen molar-refractivity contribution in [2.75, 3.05) is 4.90 Å². The number of thiophene rings is 1. The van der Waals surface area contributed by atoms with Gasteiger partial charge < -0.3 is 9.84 Å². The molecule has 2 N–H and O–H groups in total. The predicted octanol–water partition coefficient (Wildman–Crippen LogP) is 5.45. The number of Topliss-reactive ketones (excluding diaryl/α,β-unsaturated/α-hetero) is 1. The number of aryl methyl sites for hydroxylation is 1. The van der Waals surface area contributed by atoms with Crippen LogP contribution in [-0.2, 0) is 4.79 Å². The van der Waals surface area contributed by atoms with Crippen molar-refractivity contribution in [2.45, 2.75) is 13.0 Å². The van der Waals surface area contributed by atoms with Crippen molar-refractivity contribution in [1.29, 1.82) is 0 Å². The first-order valence-corrected chi connectivity index (χ1v) is 11.6. The van der Waals surface area contributed by atoms with Gasteiger partial charge in [-0.3, -0.25) is 4.79 Å². The molecule has 0 fully saturated rings. The number of aromatic amines is 1. The molecule has 3 heterocycles. The molecule has 1 aliphatic rings. The van der Waals surface area contributed by atoms with Crippen LogP contribution in [0.1, 0.15) is 27.0 Å². The predicted molar refractivity (Wildman–Crippen MR) is 129 cm³/mol. The number of hydrogen-bond donors (Lipinski definition) is 1. The quantitative estimate of drug-likeness (QED) is 0.381. The van der Waals surface area contributed by atoms with E-state index in [4.69, 9.17) is 4.74 Å². The zero-order chi connectivity index (χ0) is 23.7. The summed E-state index contributed by atoms with van der Waals surface area (Å²) >= 11 is 1.27. The average Bonchev–Trinajstić information content (AvgIpc) is 3.47. The van der Waals surface area contributed by atoms with Gasteiger partial charge in [0.2, 0.25) is 11.5 Å². The van der Waals surface area contributed by atoms with E-state index in [1.807, 2.05) is 55.5 Å². The molecular formula is C27H21N2O4S+. The Labute approximate surface area is 200 Å². The number of nitrogens with one attached hydrogen (secondary N) is 1. The van der Waals surface area contributed by atoms with Crippen molar-refractivity contribution in [1.82, 2.24) is 0 Å². The fraction of sp³-hybridized carbons (Fsp3) is 0.0741. The van der Waals surface area contributed by atoms with Gasteiger partial charge in [-0.05, 0) is 48.7 Å². The van der Waals surface area contributed by atoms with Crippen LogP contribution in [0.2, 0.25) is 0 Å². The van der Waals surface area contributed by atoms with Crippen LogP contribution in [0.3, 0.4) is 0 Å². The van der Waals surface area contributed by atoms with Gasteiger partial charge in [-0.1, -0.05) is 42.5 Å². The molecule has 0 saturated carbocycles. The molecule has 2 aromatic heterocycles. The van der Waals surface area contributed by atoms with Crippen molar-refractivity contribution in [3.05, 3.63) is 118 Å². The molecule has 1 unspecified atom stereocenters. The highest BCUT2D eigenvalue weighted by Gasteiger charge is 2.51. The van der Waals surface area contributed by atoms with Crippen molar-refractivity contribution in [3.8, 4) is 11.5 Å². The maximum Gasteiger partial charge on any atom is 0.377 e. The highest BCUT2D eigenvalue weighted by Crippen LogP contribution is 2.42. The zero-order valence-electron chi connectivity index (χ0n) is 18.3. The molecule has 1 atom stereocenters. The summed E-state index contributed by atoms with van der Waals surface area (Å²) in [7, 11) is 0. The normalized spacial score (nSPS) is 15.6. The number of aliphatic hydroxyl groups is 1. The summed E-state index contributed by atoms with van der Waals surface area (Å²) in [5.74, 6) is 0.132. The van der Waals surface area contributed by atoms with Gasteiger partial charge in [-0.15, -0.1) is 11.3 Å². The van der Waals surface area contributed by atoms with E-state index in [0.717, 1.165) is 5.69 Å². The number of carbonyl (C=O) groups excluding carboxylic acids is 2. The van der Waals surface area contributed by atoms with Gasteiger partial charge in [0.05, 0.1) is 10.6 Å². The number of anilines is 1. The lowest BCUT2D eigenvalue weighted by atomic mass is 9.95. The molecule has 0 saturated heterocycles. The molecule has 168 valence electrons. The number of pyridine rings is 1. The second-order valence-electron chi connectivity index (χ2n) is 7.85. The molecule has 6 nitrogen and oxygen atoms in total. The summed E-state index contributed by atoms with van der Waals surface area (Å²) < 4.78 is 5.99. The average molecular weight is 470 g/mol. The van der Waals surface area contributed by atoms with E-state index in [1.54, 1.807) is 41.8 Å².